The van der Waals surface area contributed by atoms with Gasteiger partial charge in [0.25, 0.3) is 16.3 Å². The molecule has 0 aliphatic heterocycles. The molecule has 24 heavy (non-hydrogen) atoms. The average Bonchev–Trinajstić information content (AvgIpc) is 3.20. The summed E-state index contributed by atoms with van der Waals surface area (Å²) >= 11 is 6.99. The van der Waals surface area contributed by atoms with Crippen molar-refractivity contribution in [2.24, 2.45) is 0 Å². The van der Waals surface area contributed by atoms with Gasteiger partial charge in [0.1, 0.15) is 11.3 Å². The van der Waals surface area contributed by atoms with Crippen LogP contribution >= 0.6 is 23.4 Å². The fraction of sp³-hybridized carbons (Fsp3) is 0.0625. The Labute approximate surface area is 145 Å². The van der Waals surface area contributed by atoms with Crippen LogP contribution in [0.15, 0.2) is 67.8 Å². The molecule has 0 unspecified atom stereocenters. The van der Waals surface area contributed by atoms with Gasteiger partial charge < -0.3 is 13.6 Å². The van der Waals surface area contributed by atoms with Crippen LogP contribution in [0.4, 0.5) is 0 Å². The van der Waals surface area contributed by atoms with Crippen molar-refractivity contribution in [3.63, 3.8) is 0 Å². The lowest BCUT2D eigenvalue weighted by Crippen LogP contribution is -1.95. The monoisotopic (exact) mass is 359 g/mol. The standard InChI is InChI=1S/C16H10ClN3O3S/c17-10-5-7-11(8-6-10)21-9-14-19-20-16(23-14)24-15-18-12-3-1-2-4-13(12)22-15/h1-8H,9H2. The molecule has 0 N–H and O–H groups in total. The van der Waals surface area contributed by atoms with Gasteiger partial charge in [0.05, 0.1) is 0 Å². The molecule has 2 aromatic carbocycles. The van der Waals surface area contributed by atoms with Gasteiger partial charge in [-0.3, -0.25) is 0 Å². The van der Waals surface area contributed by atoms with Crippen molar-refractivity contribution in [2.45, 2.75) is 17.1 Å². The van der Waals surface area contributed by atoms with Crippen molar-refractivity contribution in [3.8, 4) is 5.75 Å². The minimum Gasteiger partial charge on any atom is -0.484 e. The molecule has 0 atom stereocenters. The van der Waals surface area contributed by atoms with Crippen LogP contribution in [0.1, 0.15) is 5.89 Å². The van der Waals surface area contributed by atoms with E-state index in [0.717, 1.165) is 5.52 Å². The van der Waals surface area contributed by atoms with Gasteiger partial charge in [-0.05, 0) is 36.4 Å². The summed E-state index contributed by atoms with van der Waals surface area (Å²) in [5.74, 6) is 1.04. The van der Waals surface area contributed by atoms with Gasteiger partial charge in [0.2, 0.25) is 0 Å². The number of hydrogen-bond acceptors (Lipinski definition) is 7. The molecule has 0 fully saturated rings. The summed E-state index contributed by atoms with van der Waals surface area (Å²) in [6.45, 7) is 0.169. The number of benzene rings is 2. The van der Waals surface area contributed by atoms with Gasteiger partial charge in [0.15, 0.2) is 12.2 Å². The maximum Gasteiger partial charge on any atom is 0.286 e. The first-order valence-electron chi connectivity index (χ1n) is 7.00. The van der Waals surface area contributed by atoms with E-state index in [2.05, 4.69) is 15.2 Å². The van der Waals surface area contributed by atoms with E-state index in [1.807, 2.05) is 24.3 Å². The summed E-state index contributed by atoms with van der Waals surface area (Å²) in [6, 6.07) is 14.6. The number of rotatable bonds is 5. The number of aromatic nitrogens is 3. The van der Waals surface area contributed by atoms with Crippen molar-refractivity contribution >= 4 is 34.5 Å². The summed E-state index contributed by atoms with van der Waals surface area (Å²) in [5.41, 5.74) is 1.50. The molecular weight excluding hydrogens is 350 g/mol. The highest BCUT2D eigenvalue weighted by Crippen LogP contribution is 2.29. The van der Waals surface area contributed by atoms with Crippen molar-refractivity contribution in [1.82, 2.24) is 15.2 Å². The molecule has 4 rings (SSSR count). The van der Waals surface area contributed by atoms with Crippen LogP contribution in [0.3, 0.4) is 0 Å². The Bertz CT molecular complexity index is 935. The second-order valence-corrected chi connectivity index (χ2v) is 6.09. The molecule has 0 amide bonds. The highest BCUT2D eigenvalue weighted by molar-refractivity contribution is 7.98. The second-order valence-electron chi connectivity index (χ2n) is 4.75. The number of fused-ring (bicyclic) bond motifs is 1. The summed E-state index contributed by atoms with van der Waals surface area (Å²) in [6.07, 6.45) is 0. The largest absolute Gasteiger partial charge is 0.484 e. The van der Waals surface area contributed by atoms with Crippen molar-refractivity contribution in [3.05, 3.63) is 59.4 Å². The van der Waals surface area contributed by atoms with Gasteiger partial charge in [-0.15, -0.1) is 10.2 Å². The lowest BCUT2D eigenvalue weighted by Gasteiger charge is -2.02. The van der Waals surface area contributed by atoms with Crippen molar-refractivity contribution in [1.29, 1.82) is 0 Å². The Balaban J connectivity index is 1.41. The molecule has 8 heteroatoms. The van der Waals surface area contributed by atoms with Crippen LogP contribution in [0, 0.1) is 0 Å². The average molecular weight is 360 g/mol. The first-order chi connectivity index (χ1) is 11.8. The number of nitrogens with zero attached hydrogens (tertiary/aromatic N) is 3. The first kappa shape index (κ1) is 15.0. The molecule has 0 spiro atoms. The van der Waals surface area contributed by atoms with Gasteiger partial charge in [0, 0.05) is 16.8 Å². The highest BCUT2D eigenvalue weighted by Gasteiger charge is 2.13. The maximum absolute atomic E-state index is 5.82. The molecule has 120 valence electrons. The molecule has 2 aromatic heterocycles. The maximum atomic E-state index is 5.82. The Hall–Kier alpha value is -2.51. The van der Waals surface area contributed by atoms with Crippen molar-refractivity contribution < 1.29 is 13.6 Å². The van der Waals surface area contributed by atoms with Crippen molar-refractivity contribution in [2.75, 3.05) is 0 Å². The number of ether oxygens (including phenoxy) is 1. The Morgan fingerprint density at radius 1 is 0.958 bits per heavy atom. The SMILES string of the molecule is Clc1ccc(OCc2nnc(Sc3nc4ccccc4o3)o2)cc1. The van der Waals surface area contributed by atoms with E-state index in [4.69, 9.17) is 25.2 Å². The van der Waals surface area contributed by atoms with Gasteiger partial charge >= 0.3 is 0 Å². The van der Waals surface area contributed by atoms with Crippen LogP contribution < -0.4 is 4.74 Å². The molecular formula is C16H10ClN3O3S. The molecule has 0 aliphatic carbocycles. The Morgan fingerprint density at radius 2 is 1.79 bits per heavy atom. The van der Waals surface area contributed by atoms with Crippen LogP contribution in [0.5, 0.6) is 5.75 Å². The lowest BCUT2D eigenvalue weighted by molar-refractivity contribution is 0.252. The number of para-hydroxylation sites is 2. The lowest BCUT2D eigenvalue weighted by atomic mass is 10.3. The van der Waals surface area contributed by atoms with Crippen LogP contribution in [-0.2, 0) is 6.61 Å². The van der Waals surface area contributed by atoms with E-state index in [-0.39, 0.29) is 6.61 Å². The van der Waals surface area contributed by atoms with E-state index in [0.29, 0.717) is 32.7 Å². The Kier molecular flexibility index (Phi) is 4.10. The number of halogens is 1. The third-order valence-corrected chi connectivity index (χ3v) is 4.01. The molecule has 0 aliphatic rings. The molecule has 6 nitrogen and oxygen atoms in total. The van der Waals surface area contributed by atoms with E-state index >= 15 is 0 Å². The summed E-state index contributed by atoms with van der Waals surface area (Å²) in [5, 5.41) is 9.34. The molecule has 0 radical (unpaired) electrons. The topological polar surface area (TPSA) is 74.2 Å². The normalized spacial score (nSPS) is 11.0. The number of hydrogen-bond donors (Lipinski definition) is 0. The Morgan fingerprint density at radius 3 is 2.62 bits per heavy atom. The van der Waals surface area contributed by atoms with Crippen LogP contribution in [-0.4, -0.2) is 15.2 Å². The summed E-state index contributed by atoms with van der Waals surface area (Å²) in [7, 11) is 0. The van der Waals surface area contributed by atoms with Crippen LogP contribution in [0.2, 0.25) is 5.02 Å². The van der Waals surface area contributed by atoms with Gasteiger partial charge in [-0.1, -0.05) is 23.7 Å². The molecule has 0 saturated heterocycles. The molecule has 4 aromatic rings. The zero-order valence-electron chi connectivity index (χ0n) is 12.2. The zero-order valence-corrected chi connectivity index (χ0v) is 13.8. The molecule has 2 heterocycles. The predicted molar refractivity (Wildman–Crippen MR) is 88.2 cm³/mol. The fourth-order valence-corrected chi connectivity index (χ4v) is 2.75. The van der Waals surface area contributed by atoms with E-state index in [9.17, 15) is 0 Å². The van der Waals surface area contributed by atoms with E-state index < -0.39 is 0 Å². The highest BCUT2D eigenvalue weighted by atomic mass is 35.5. The minimum atomic E-state index is 0.169. The van der Waals surface area contributed by atoms with Gasteiger partial charge in [-0.2, -0.15) is 0 Å². The minimum absolute atomic E-state index is 0.169. The van der Waals surface area contributed by atoms with Crippen LogP contribution in [0.25, 0.3) is 11.1 Å². The summed E-state index contributed by atoms with van der Waals surface area (Å²) in [4.78, 5) is 4.34. The smallest absolute Gasteiger partial charge is 0.286 e. The second kappa shape index (κ2) is 6.54. The zero-order chi connectivity index (χ0) is 16.4. The quantitative estimate of drug-likeness (QED) is 0.515. The molecule has 0 bridgehead atoms. The third kappa shape index (κ3) is 3.37. The third-order valence-electron chi connectivity index (χ3n) is 3.07. The first-order valence-corrected chi connectivity index (χ1v) is 8.20. The molecule has 0 saturated carbocycles. The fourth-order valence-electron chi connectivity index (χ4n) is 1.98. The van der Waals surface area contributed by atoms with E-state index in [1.54, 1.807) is 24.3 Å². The van der Waals surface area contributed by atoms with Gasteiger partial charge in [-0.25, -0.2) is 4.98 Å². The number of oxazole rings is 1. The summed E-state index contributed by atoms with van der Waals surface area (Å²) < 4.78 is 16.7. The van der Waals surface area contributed by atoms with E-state index in [1.165, 1.54) is 11.8 Å². The predicted octanol–water partition coefficient (Wildman–Crippen LogP) is 4.59.